The number of halogens is 2. The fourth-order valence-electron chi connectivity index (χ4n) is 4.17. The number of fused-ring (bicyclic) bond motifs is 1. The molecule has 0 saturated carbocycles. The summed E-state index contributed by atoms with van der Waals surface area (Å²) in [7, 11) is 2.02. The number of nitrogens with one attached hydrogen (secondary N) is 1. The largest absolute Gasteiger partial charge is 0.462 e. The molecule has 0 bridgehead atoms. The number of para-hydroxylation sites is 1. The zero-order valence-electron chi connectivity index (χ0n) is 20.0. The third-order valence-electron chi connectivity index (χ3n) is 6.13. The van der Waals surface area contributed by atoms with Crippen LogP contribution in [-0.2, 0) is 16.0 Å². The Morgan fingerprint density at radius 3 is 2.36 bits per heavy atom. The molecule has 0 unspecified atom stereocenters. The maximum absolute atomic E-state index is 13.2. The van der Waals surface area contributed by atoms with E-state index in [0.717, 1.165) is 13.1 Å². The minimum absolute atomic E-state index is 0.00459. The summed E-state index contributed by atoms with van der Waals surface area (Å²) in [6.45, 7) is 4.72. The van der Waals surface area contributed by atoms with Gasteiger partial charge in [-0.1, -0.05) is 41.4 Å². The van der Waals surface area contributed by atoms with Crippen molar-refractivity contribution in [2.45, 2.75) is 13.3 Å². The van der Waals surface area contributed by atoms with Crippen LogP contribution in [0.3, 0.4) is 0 Å². The van der Waals surface area contributed by atoms with Gasteiger partial charge in [0.15, 0.2) is 0 Å². The molecule has 1 aliphatic heterocycles. The highest BCUT2D eigenvalue weighted by Gasteiger charge is 2.25. The van der Waals surface area contributed by atoms with Gasteiger partial charge in [-0.05, 0) is 37.7 Å². The standard InChI is InChI=1S/C26H26Cl2N4O4/c1-3-36-26(35)18-15-29-24-16(17(18)14-22(33)32-12-10-31(2)11-13-32)6-4-9-21(24)30-25(34)23-19(27)7-5-8-20(23)28/h4-9,15H,3,10-14H2,1-2H3,(H,30,34). The average molecular weight is 529 g/mol. The predicted molar refractivity (Wildman–Crippen MR) is 140 cm³/mol. The van der Waals surface area contributed by atoms with Crippen LogP contribution in [0.25, 0.3) is 10.9 Å². The van der Waals surface area contributed by atoms with Crippen molar-refractivity contribution in [1.82, 2.24) is 14.8 Å². The van der Waals surface area contributed by atoms with E-state index in [1.807, 2.05) is 7.05 Å². The minimum Gasteiger partial charge on any atom is -0.462 e. The Morgan fingerprint density at radius 2 is 1.69 bits per heavy atom. The molecule has 8 nitrogen and oxygen atoms in total. The van der Waals surface area contributed by atoms with Crippen molar-refractivity contribution in [1.29, 1.82) is 0 Å². The summed E-state index contributed by atoms with van der Waals surface area (Å²) in [6, 6.07) is 10.0. The second-order valence-electron chi connectivity index (χ2n) is 8.48. The van der Waals surface area contributed by atoms with Crippen molar-refractivity contribution in [3.8, 4) is 0 Å². The minimum atomic E-state index is -0.551. The van der Waals surface area contributed by atoms with Gasteiger partial charge in [0, 0.05) is 37.8 Å². The second-order valence-corrected chi connectivity index (χ2v) is 9.30. The molecule has 2 aromatic carbocycles. The Hall–Kier alpha value is -3.20. The first-order valence-electron chi connectivity index (χ1n) is 11.6. The molecule has 2 heterocycles. The van der Waals surface area contributed by atoms with Crippen LogP contribution in [0.2, 0.25) is 10.0 Å². The predicted octanol–water partition coefficient (Wildman–Crippen LogP) is 4.29. The number of aromatic nitrogens is 1. The van der Waals surface area contributed by atoms with E-state index in [2.05, 4.69) is 15.2 Å². The number of benzene rings is 2. The van der Waals surface area contributed by atoms with Gasteiger partial charge in [0.2, 0.25) is 5.91 Å². The molecule has 2 amide bonds. The van der Waals surface area contributed by atoms with E-state index in [1.54, 1.807) is 48.2 Å². The molecular weight excluding hydrogens is 503 g/mol. The van der Waals surface area contributed by atoms with Crippen LogP contribution in [0.5, 0.6) is 0 Å². The molecule has 1 N–H and O–H groups in total. The van der Waals surface area contributed by atoms with Gasteiger partial charge in [0.1, 0.15) is 0 Å². The van der Waals surface area contributed by atoms with Crippen molar-refractivity contribution >= 4 is 57.6 Å². The molecule has 10 heteroatoms. The Balaban J connectivity index is 1.73. The molecule has 0 radical (unpaired) electrons. The summed E-state index contributed by atoms with van der Waals surface area (Å²) in [5.74, 6) is -1.13. The van der Waals surface area contributed by atoms with Crippen molar-refractivity contribution in [2.24, 2.45) is 0 Å². The molecule has 36 heavy (non-hydrogen) atoms. The zero-order valence-corrected chi connectivity index (χ0v) is 21.5. The van der Waals surface area contributed by atoms with E-state index in [4.69, 9.17) is 27.9 Å². The number of piperazine rings is 1. The molecule has 0 aliphatic carbocycles. The lowest BCUT2D eigenvalue weighted by atomic mass is 9.99. The molecule has 1 aliphatic rings. The SMILES string of the molecule is CCOC(=O)c1cnc2c(NC(=O)c3c(Cl)cccc3Cl)cccc2c1CC(=O)N1CCN(C)CC1. The smallest absolute Gasteiger partial charge is 0.340 e. The molecule has 3 aromatic rings. The fraction of sp³-hybridized carbons (Fsp3) is 0.308. The van der Waals surface area contributed by atoms with Crippen LogP contribution in [-0.4, -0.2) is 72.4 Å². The van der Waals surface area contributed by atoms with Gasteiger partial charge in [-0.15, -0.1) is 0 Å². The number of esters is 1. The molecular formula is C26H26Cl2N4O4. The summed E-state index contributed by atoms with van der Waals surface area (Å²) in [5, 5.41) is 3.83. The van der Waals surface area contributed by atoms with Gasteiger partial charge < -0.3 is 19.9 Å². The van der Waals surface area contributed by atoms with Gasteiger partial charge in [-0.2, -0.15) is 0 Å². The first-order valence-corrected chi connectivity index (χ1v) is 12.3. The molecule has 188 valence electrons. The molecule has 4 rings (SSSR count). The van der Waals surface area contributed by atoms with Crippen molar-refractivity contribution in [3.63, 3.8) is 0 Å². The van der Waals surface area contributed by atoms with Crippen LogP contribution in [0.15, 0.2) is 42.6 Å². The fourth-order valence-corrected chi connectivity index (χ4v) is 4.74. The van der Waals surface area contributed by atoms with E-state index < -0.39 is 11.9 Å². The molecule has 1 fully saturated rings. The molecule has 0 spiro atoms. The van der Waals surface area contributed by atoms with Crippen LogP contribution in [0.4, 0.5) is 5.69 Å². The molecule has 1 saturated heterocycles. The Bertz CT molecular complexity index is 1300. The lowest BCUT2D eigenvalue weighted by Crippen LogP contribution is -2.47. The lowest BCUT2D eigenvalue weighted by Gasteiger charge is -2.32. The van der Waals surface area contributed by atoms with Gasteiger partial charge in [0.25, 0.3) is 5.91 Å². The van der Waals surface area contributed by atoms with Crippen LogP contribution in [0, 0.1) is 0 Å². The number of anilines is 1. The highest BCUT2D eigenvalue weighted by Crippen LogP contribution is 2.30. The first kappa shape index (κ1) is 25.9. The topological polar surface area (TPSA) is 91.8 Å². The molecule has 1 aromatic heterocycles. The summed E-state index contributed by atoms with van der Waals surface area (Å²) < 4.78 is 5.23. The second kappa shape index (κ2) is 11.2. The number of nitrogens with zero attached hydrogens (tertiary/aromatic N) is 3. The summed E-state index contributed by atoms with van der Waals surface area (Å²) in [4.78, 5) is 47.4. The van der Waals surface area contributed by atoms with Gasteiger partial charge in [0.05, 0.1) is 45.4 Å². The summed E-state index contributed by atoms with van der Waals surface area (Å²) in [6.07, 6.45) is 1.40. The molecule has 0 atom stereocenters. The van der Waals surface area contributed by atoms with E-state index in [9.17, 15) is 14.4 Å². The highest BCUT2D eigenvalue weighted by molar-refractivity contribution is 6.40. The quantitative estimate of drug-likeness (QED) is 0.480. The number of amides is 2. The number of carbonyl (C=O) groups excluding carboxylic acids is 3. The number of rotatable bonds is 6. The number of pyridine rings is 1. The van der Waals surface area contributed by atoms with E-state index in [0.29, 0.717) is 35.2 Å². The van der Waals surface area contributed by atoms with E-state index in [1.165, 1.54) is 6.20 Å². The Morgan fingerprint density at radius 1 is 1.03 bits per heavy atom. The zero-order chi connectivity index (χ0) is 25.8. The van der Waals surface area contributed by atoms with Crippen LogP contribution >= 0.6 is 23.2 Å². The number of hydrogen-bond donors (Lipinski definition) is 1. The van der Waals surface area contributed by atoms with Crippen molar-refractivity contribution < 1.29 is 19.1 Å². The summed E-state index contributed by atoms with van der Waals surface area (Å²) >= 11 is 12.4. The number of carbonyl (C=O) groups is 3. The average Bonchev–Trinajstić information content (AvgIpc) is 2.85. The van der Waals surface area contributed by atoms with Crippen molar-refractivity contribution in [3.05, 3.63) is 69.3 Å². The lowest BCUT2D eigenvalue weighted by molar-refractivity contribution is -0.132. The number of hydrogen-bond acceptors (Lipinski definition) is 6. The van der Waals surface area contributed by atoms with Crippen LogP contribution in [0.1, 0.15) is 33.2 Å². The normalized spacial score (nSPS) is 14.1. The van der Waals surface area contributed by atoms with Crippen molar-refractivity contribution in [2.75, 3.05) is 45.2 Å². The Kier molecular flexibility index (Phi) is 8.08. The van der Waals surface area contributed by atoms with Gasteiger partial charge in [-0.3, -0.25) is 14.6 Å². The third-order valence-corrected chi connectivity index (χ3v) is 6.76. The van der Waals surface area contributed by atoms with Gasteiger partial charge in [-0.25, -0.2) is 4.79 Å². The monoisotopic (exact) mass is 528 g/mol. The summed E-state index contributed by atoms with van der Waals surface area (Å²) in [5.41, 5.74) is 1.71. The Labute approximate surface area is 219 Å². The van der Waals surface area contributed by atoms with E-state index >= 15 is 0 Å². The van der Waals surface area contributed by atoms with Gasteiger partial charge >= 0.3 is 5.97 Å². The number of ether oxygens (including phenoxy) is 1. The van der Waals surface area contributed by atoms with E-state index in [-0.39, 0.29) is 40.1 Å². The third kappa shape index (κ3) is 5.46. The highest BCUT2D eigenvalue weighted by atomic mass is 35.5. The first-order chi connectivity index (χ1) is 17.3. The maximum Gasteiger partial charge on any atom is 0.340 e. The maximum atomic E-state index is 13.2. The number of likely N-dealkylation sites (N-methyl/N-ethyl adjacent to an activating group) is 1. The van der Waals surface area contributed by atoms with Crippen LogP contribution < -0.4 is 5.32 Å².